The third kappa shape index (κ3) is 7.15. The topological polar surface area (TPSA) is 65.1 Å². The molecule has 6 nitrogen and oxygen atoms in total. The van der Waals surface area contributed by atoms with Crippen molar-refractivity contribution in [3.63, 3.8) is 0 Å². The molecule has 0 radical (unpaired) electrons. The van der Waals surface area contributed by atoms with Crippen molar-refractivity contribution in [1.29, 1.82) is 0 Å². The second-order valence-corrected chi connectivity index (χ2v) is 11.4. The molecule has 1 atom stereocenters. The van der Waals surface area contributed by atoms with Crippen molar-refractivity contribution in [3.05, 3.63) is 35.9 Å². The average Bonchev–Trinajstić information content (AvgIpc) is 2.71. The van der Waals surface area contributed by atoms with Crippen LogP contribution in [0.15, 0.2) is 30.3 Å². The lowest BCUT2D eigenvalue weighted by Crippen LogP contribution is -2.43. The van der Waals surface area contributed by atoms with Crippen LogP contribution in [0.25, 0.3) is 6.08 Å². The zero-order valence-corrected chi connectivity index (χ0v) is 20.2. The number of anilines is 1. The molecular formula is C20H27Cl3NO5P. The van der Waals surface area contributed by atoms with Crippen LogP contribution in [-0.2, 0) is 18.3 Å². The van der Waals surface area contributed by atoms with Gasteiger partial charge in [0.1, 0.15) is 6.61 Å². The Morgan fingerprint density at radius 2 is 1.70 bits per heavy atom. The third-order valence-electron chi connectivity index (χ3n) is 4.33. The highest BCUT2D eigenvalue weighted by atomic mass is 35.6. The SMILES string of the molecule is CCCCOP(=O)(OCCCC)[C@H]1C=Cc2ccccc2N1C(=O)OCC(Cl)(Cl)Cl. The van der Waals surface area contributed by atoms with Gasteiger partial charge in [-0.2, -0.15) is 0 Å². The summed E-state index contributed by atoms with van der Waals surface area (Å²) >= 11 is 17.2. The fourth-order valence-corrected chi connectivity index (χ4v) is 4.90. The summed E-state index contributed by atoms with van der Waals surface area (Å²) in [5.74, 6) is -0.996. The van der Waals surface area contributed by atoms with Crippen molar-refractivity contribution < 1.29 is 23.1 Å². The molecule has 0 saturated carbocycles. The van der Waals surface area contributed by atoms with Crippen LogP contribution in [0.4, 0.5) is 10.5 Å². The van der Waals surface area contributed by atoms with E-state index in [1.165, 1.54) is 4.90 Å². The van der Waals surface area contributed by atoms with E-state index in [9.17, 15) is 9.36 Å². The highest BCUT2D eigenvalue weighted by Crippen LogP contribution is 2.57. The number of alkyl halides is 3. The van der Waals surface area contributed by atoms with Crippen molar-refractivity contribution in [2.75, 3.05) is 24.7 Å². The van der Waals surface area contributed by atoms with Gasteiger partial charge in [-0.05, 0) is 30.5 Å². The number of unbranched alkanes of at least 4 members (excludes halogenated alkanes) is 2. The van der Waals surface area contributed by atoms with E-state index in [2.05, 4.69) is 0 Å². The van der Waals surface area contributed by atoms with E-state index < -0.39 is 29.9 Å². The second-order valence-electron chi connectivity index (χ2n) is 6.78. The number of rotatable bonds is 10. The predicted octanol–water partition coefficient (Wildman–Crippen LogP) is 7.18. The molecule has 1 amide bonds. The normalized spacial score (nSPS) is 16.4. The lowest BCUT2D eigenvalue weighted by Gasteiger charge is -2.36. The van der Waals surface area contributed by atoms with Gasteiger partial charge in [-0.15, -0.1) is 0 Å². The van der Waals surface area contributed by atoms with Gasteiger partial charge < -0.3 is 13.8 Å². The summed E-state index contributed by atoms with van der Waals surface area (Å²) in [5.41, 5.74) is 1.27. The van der Waals surface area contributed by atoms with Crippen molar-refractivity contribution in [3.8, 4) is 0 Å². The van der Waals surface area contributed by atoms with Crippen molar-refractivity contribution in [2.24, 2.45) is 0 Å². The van der Waals surface area contributed by atoms with Crippen molar-refractivity contribution >= 4 is 60.3 Å². The molecule has 1 aliphatic rings. The molecule has 0 N–H and O–H groups in total. The van der Waals surface area contributed by atoms with Gasteiger partial charge in [0.15, 0.2) is 5.78 Å². The third-order valence-corrected chi connectivity index (χ3v) is 6.79. The number of para-hydroxylation sites is 1. The largest absolute Gasteiger partial charge is 0.445 e. The first-order valence-corrected chi connectivity index (χ1v) is 12.6. The summed E-state index contributed by atoms with van der Waals surface area (Å²) in [7, 11) is -3.74. The Morgan fingerprint density at radius 1 is 1.10 bits per heavy atom. The van der Waals surface area contributed by atoms with Crippen LogP contribution in [0.3, 0.4) is 0 Å². The van der Waals surface area contributed by atoms with Gasteiger partial charge in [0.2, 0.25) is 3.79 Å². The van der Waals surface area contributed by atoms with E-state index in [1.807, 2.05) is 26.0 Å². The molecule has 10 heteroatoms. The molecule has 0 saturated heterocycles. The van der Waals surface area contributed by atoms with Gasteiger partial charge >= 0.3 is 13.7 Å². The van der Waals surface area contributed by atoms with E-state index in [-0.39, 0.29) is 13.2 Å². The van der Waals surface area contributed by atoms with Gasteiger partial charge in [-0.3, -0.25) is 9.46 Å². The number of benzene rings is 1. The molecule has 0 aliphatic carbocycles. The summed E-state index contributed by atoms with van der Waals surface area (Å²) in [6.45, 7) is 4.06. The Hall–Kier alpha value is -0.750. The minimum absolute atomic E-state index is 0.253. The Kier molecular flexibility index (Phi) is 9.99. The molecule has 1 aromatic rings. The van der Waals surface area contributed by atoms with Gasteiger partial charge in [0.25, 0.3) is 0 Å². The molecule has 0 unspecified atom stereocenters. The number of carbonyl (C=O) groups is 1. The lowest BCUT2D eigenvalue weighted by atomic mass is 10.1. The van der Waals surface area contributed by atoms with Gasteiger partial charge in [-0.25, -0.2) is 4.79 Å². The molecule has 0 aromatic heterocycles. The van der Waals surface area contributed by atoms with Gasteiger partial charge in [-0.1, -0.05) is 85.8 Å². The number of amides is 1. The number of hydrogen-bond donors (Lipinski definition) is 0. The van der Waals surface area contributed by atoms with E-state index in [1.54, 1.807) is 24.3 Å². The molecule has 1 heterocycles. The summed E-state index contributed by atoms with van der Waals surface area (Å²) in [4.78, 5) is 14.2. The predicted molar refractivity (Wildman–Crippen MR) is 123 cm³/mol. The minimum atomic E-state index is -3.74. The van der Waals surface area contributed by atoms with E-state index in [4.69, 9.17) is 48.6 Å². The quantitative estimate of drug-likeness (QED) is 0.194. The number of carbonyl (C=O) groups excluding carboxylic acids is 1. The van der Waals surface area contributed by atoms with E-state index in [0.29, 0.717) is 18.5 Å². The highest BCUT2D eigenvalue weighted by molar-refractivity contribution is 7.55. The zero-order valence-electron chi connectivity index (χ0n) is 17.1. The smallest absolute Gasteiger partial charge is 0.415 e. The molecule has 1 aromatic carbocycles. The Labute approximate surface area is 192 Å². The number of nitrogens with zero attached hydrogens (tertiary/aromatic N) is 1. The average molecular weight is 499 g/mol. The fourth-order valence-electron chi connectivity index (χ4n) is 2.79. The molecule has 0 bridgehead atoms. The van der Waals surface area contributed by atoms with E-state index in [0.717, 1.165) is 18.4 Å². The standard InChI is InChI=1S/C20H27Cl3NO5P/c1-3-5-13-28-30(26,29-14-6-4-2)18-12-11-16-9-7-8-10-17(16)24(18)19(25)27-15-20(21,22)23/h7-12,18H,3-6,13-15H2,1-2H3/t18-/m0/s1. The molecule has 168 valence electrons. The number of hydrogen-bond acceptors (Lipinski definition) is 5. The maximum atomic E-state index is 13.8. The molecule has 30 heavy (non-hydrogen) atoms. The van der Waals surface area contributed by atoms with Crippen LogP contribution in [-0.4, -0.2) is 35.5 Å². The van der Waals surface area contributed by atoms with Crippen LogP contribution >= 0.6 is 42.4 Å². The second kappa shape index (κ2) is 11.8. The summed E-state index contributed by atoms with van der Waals surface area (Å²) in [6.07, 6.45) is 5.79. The van der Waals surface area contributed by atoms with Crippen LogP contribution in [0.1, 0.15) is 45.1 Å². The number of halogens is 3. The fraction of sp³-hybridized carbons (Fsp3) is 0.550. The Bertz CT molecular complexity index is 770. The molecular weight excluding hydrogens is 472 g/mol. The summed E-state index contributed by atoms with van der Waals surface area (Å²) in [5, 5.41) is 0. The molecule has 0 spiro atoms. The highest BCUT2D eigenvalue weighted by Gasteiger charge is 2.44. The number of ether oxygens (including phenoxy) is 1. The minimum Gasteiger partial charge on any atom is -0.445 e. The molecule has 0 fully saturated rings. The number of fused-ring (bicyclic) bond motifs is 1. The van der Waals surface area contributed by atoms with Crippen LogP contribution < -0.4 is 4.90 Å². The molecule has 2 rings (SSSR count). The summed E-state index contributed by atoms with van der Waals surface area (Å²) in [6, 6.07) is 7.16. The van der Waals surface area contributed by atoms with Gasteiger partial charge in [0.05, 0.1) is 18.9 Å². The first-order chi connectivity index (χ1) is 14.2. The maximum Gasteiger partial charge on any atom is 0.415 e. The van der Waals surface area contributed by atoms with Crippen molar-refractivity contribution in [1.82, 2.24) is 0 Å². The van der Waals surface area contributed by atoms with Crippen LogP contribution in [0.5, 0.6) is 0 Å². The Morgan fingerprint density at radius 3 is 2.27 bits per heavy atom. The van der Waals surface area contributed by atoms with Crippen LogP contribution in [0.2, 0.25) is 0 Å². The first-order valence-electron chi connectivity index (χ1n) is 9.90. The first kappa shape index (κ1) is 25.5. The van der Waals surface area contributed by atoms with Crippen molar-refractivity contribution in [2.45, 2.75) is 49.1 Å². The maximum absolute atomic E-state index is 13.8. The van der Waals surface area contributed by atoms with Crippen LogP contribution in [0, 0.1) is 0 Å². The lowest BCUT2D eigenvalue weighted by molar-refractivity contribution is 0.152. The van der Waals surface area contributed by atoms with E-state index >= 15 is 0 Å². The van der Waals surface area contributed by atoms with Gasteiger partial charge in [0, 0.05) is 0 Å². The Balaban J connectivity index is 2.38. The monoisotopic (exact) mass is 497 g/mol. The summed E-state index contributed by atoms with van der Waals surface area (Å²) < 4.78 is 28.8. The zero-order chi connectivity index (χ0) is 22.2. The molecule has 1 aliphatic heterocycles.